The number of piperidine rings is 1. The van der Waals surface area contributed by atoms with Crippen LogP contribution in [0.1, 0.15) is 52.4 Å². The lowest BCUT2D eigenvalue weighted by atomic mass is 9.91. The van der Waals surface area contributed by atoms with E-state index in [2.05, 4.69) is 31.1 Å². The van der Waals surface area contributed by atoms with E-state index in [4.69, 9.17) is 0 Å². The second-order valence-corrected chi connectivity index (χ2v) is 6.51. The van der Waals surface area contributed by atoms with Crippen molar-refractivity contribution in [2.24, 2.45) is 5.41 Å². The van der Waals surface area contributed by atoms with Gasteiger partial charge in [0.15, 0.2) is 0 Å². The molecule has 0 bridgehead atoms. The van der Waals surface area contributed by atoms with Crippen molar-refractivity contribution >= 4 is 0 Å². The van der Waals surface area contributed by atoms with E-state index in [-0.39, 0.29) is 0 Å². The Labute approximate surface area is 101 Å². The van der Waals surface area contributed by atoms with Gasteiger partial charge >= 0.3 is 0 Å². The highest BCUT2D eigenvalue weighted by atomic mass is 15.2. The first-order valence-electron chi connectivity index (χ1n) is 7.03. The van der Waals surface area contributed by atoms with E-state index in [1.165, 1.54) is 51.6 Å². The Morgan fingerprint density at radius 3 is 2.69 bits per heavy atom. The molecule has 1 aliphatic carbocycles. The average Bonchev–Trinajstić information content (AvgIpc) is 2.60. The van der Waals surface area contributed by atoms with Crippen LogP contribution in [-0.2, 0) is 0 Å². The lowest BCUT2D eigenvalue weighted by molar-refractivity contribution is 0.0916. The van der Waals surface area contributed by atoms with Crippen LogP contribution in [0.3, 0.4) is 0 Å². The van der Waals surface area contributed by atoms with Crippen LogP contribution in [0.25, 0.3) is 0 Å². The highest BCUT2D eigenvalue weighted by molar-refractivity contribution is 4.92. The summed E-state index contributed by atoms with van der Waals surface area (Å²) >= 11 is 0. The van der Waals surface area contributed by atoms with E-state index >= 15 is 0 Å². The quantitative estimate of drug-likeness (QED) is 0.793. The van der Waals surface area contributed by atoms with Crippen molar-refractivity contribution in [3.8, 4) is 0 Å². The molecule has 2 heteroatoms. The number of nitrogens with one attached hydrogen (secondary N) is 1. The molecule has 94 valence electrons. The number of hydrogen-bond acceptors (Lipinski definition) is 2. The van der Waals surface area contributed by atoms with E-state index < -0.39 is 0 Å². The van der Waals surface area contributed by atoms with Gasteiger partial charge in [0, 0.05) is 18.6 Å². The predicted molar refractivity (Wildman–Crippen MR) is 69.7 cm³/mol. The normalized spacial score (nSPS) is 35.4. The SMILES string of the molecule is CNCC1CCCCN1C1CCC(C)(C)C1. The first-order valence-corrected chi connectivity index (χ1v) is 7.03. The summed E-state index contributed by atoms with van der Waals surface area (Å²) in [5.41, 5.74) is 0.590. The monoisotopic (exact) mass is 224 g/mol. The predicted octanol–water partition coefficient (Wildman–Crippen LogP) is 2.64. The molecule has 2 rings (SSSR count). The molecule has 0 amide bonds. The zero-order chi connectivity index (χ0) is 11.6. The molecule has 0 spiro atoms. The van der Waals surface area contributed by atoms with E-state index in [0.717, 1.165) is 12.1 Å². The van der Waals surface area contributed by atoms with E-state index in [9.17, 15) is 0 Å². The molecule has 2 nitrogen and oxygen atoms in total. The summed E-state index contributed by atoms with van der Waals surface area (Å²) in [6.45, 7) is 7.39. The van der Waals surface area contributed by atoms with Crippen LogP contribution >= 0.6 is 0 Å². The highest BCUT2D eigenvalue weighted by Gasteiger charge is 2.37. The molecule has 16 heavy (non-hydrogen) atoms. The van der Waals surface area contributed by atoms with Crippen molar-refractivity contribution in [3.63, 3.8) is 0 Å². The molecule has 1 aliphatic heterocycles. The Kier molecular flexibility index (Phi) is 3.91. The molecule has 2 atom stereocenters. The summed E-state index contributed by atoms with van der Waals surface area (Å²) in [4.78, 5) is 2.81. The fourth-order valence-electron chi connectivity index (χ4n) is 3.64. The maximum atomic E-state index is 3.37. The third-order valence-electron chi connectivity index (χ3n) is 4.52. The van der Waals surface area contributed by atoms with Crippen molar-refractivity contribution in [2.45, 2.75) is 64.5 Å². The fourth-order valence-corrected chi connectivity index (χ4v) is 3.64. The smallest absolute Gasteiger partial charge is 0.0223 e. The van der Waals surface area contributed by atoms with Crippen LogP contribution in [-0.4, -0.2) is 37.1 Å². The lowest BCUT2D eigenvalue weighted by Gasteiger charge is -2.40. The van der Waals surface area contributed by atoms with Gasteiger partial charge in [-0.05, 0) is 51.1 Å². The molecule has 1 heterocycles. The first-order chi connectivity index (χ1) is 7.62. The maximum absolute atomic E-state index is 3.37. The van der Waals surface area contributed by atoms with Crippen molar-refractivity contribution in [2.75, 3.05) is 20.1 Å². The zero-order valence-electron chi connectivity index (χ0n) is 11.3. The summed E-state index contributed by atoms with van der Waals surface area (Å²) in [6, 6.07) is 1.67. The van der Waals surface area contributed by atoms with E-state index in [1.807, 2.05) is 0 Å². The Morgan fingerprint density at radius 1 is 1.25 bits per heavy atom. The lowest BCUT2D eigenvalue weighted by Crippen LogP contribution is -2.49. The molecule has 2 aliphatic rings. The number of rotatable bonds is 3. The average molecular weight is 224 g/mol. The molecule has 0 radical (unpaired) electrons. The van der Waals surface area contributed by atoms with Gasteiger partial charge in [0.25, 0.3) is 0 Å². The van der Waals surface area contributed by atoms with Gasteiger partial charge in [-0.25, -0.2) is 0 Å². The molecule has 1 N–H and O–H groups in total. The fraction of sp³-hybridized carbons (Fsp3) is 1.00. The number of likely N-dealkylation sites (tertiary alicyclic amines) is 1. The van der Waals surface area contributed by atoms with E-state index in [0.29, 0.717) is 5.41 Å². The zero-order valence-corrected chi connectivity index (χ0v) is 11.3. The van der Waals surface area contributed by atoms with Crippen LogP contribution < -0.4 is 5.32 Å². The molecule has 2 unspecified atom stereocenters. The molecule has 0 aromatic heterocycles. The highest BCUT2D eigenvalue weighted by Crippen LogP contribution is 2.40. The van der Waals surface area contributed by atoms with Gasteiger partial charge < -0.3 is 5.32 Å². The minimum absolute atomic E-state index is 0.590. The summed E-state index contributed by atoms with van der Waals surface area (Å²) < 4.78 is 0. The third-order valence-corrected chi connectivity index (χ3v) is 4.52. The van der Waals surface area contributed by atoms with Gasteiger partial charge in [-0.3, -0.25) is 4.90 Å². The van der Waals surface area contributed by atoms with Crippen molar-refractivity contribution in [1.29, 1.82) is 0 Å². The first kappa shape index (κ1) is 12.4. The Balaban J connectivity index is 1.95. The van der Waals surface area contributed by atoms with Crippen LogP contribution in [0.4, 0.5) is 0 Å². The molecule has 0 aromatic rings. The third kappa shape index (κ3) is 2.78. The Bertz CT molecular complexity index is 223. The van der Waals surface area contributed by atoms with Crippen LogP contribution in [0.2, 0.25) is 0 Å². The molecular formula is C14H28N2. The molecule has 1 saturated heterocycles. The number of nitrogens with zero attached hydrogens (tertiary/aromatic N) is 1. The van der Waals surface area contributed by atoms with Crippen LogP contribution in [0, 0.1) is 5.41 Å². The topological polar surface area (TPSA) is 15.3 Å². The standard InChI is InChI=1S/C14H28N2/c1-14(2)8-7-12(10-14)16-9-5-4-6-13(16)11-15-3/h12-13,15H,4-11H2,1-3H3. The van der Waals surface area contributed by atoms with Gasteiger partial charge in [-0.2, -0.15) is 0 Å². The summed E-state index contributed by atoms with van der Waals surface area (Å²) in [5, 5.41) is 3.37. The second kappa shape index (κ2) is 5.05. The maximum Gasteiger partial charge on any atom is 0.0223 e. The van der Waals surface area contributed by atoms with E-state index in [1.54, 1.807) is 0 Å². The molecule has 0 aromatic carbocycles. The van der Waals surface area contributed by atoms with Gasteiger partial charge in [-0.15, -0.1) is 0 Å². The van der Waals surface area contributed by atoms with Gasteiger partial charge in [-0.1, -0.05) is 20.3 Å². The summed E-state index contributed by atoms with van der Waals surface area (Å²) in [5.74, 6) is 0. The minimum atomic E-state index is 0.590. The minimum Gasteiger partial charge on any atom is -0.318 e. The molecular weight excluding hydrogens is 196 g/mol. The molecule has 2 fully saturated rings. The Hall–Kier alpha value is -0.0800. The summed E-state index contributed by atoms with van der Waals surface area (Å²) in [6.07, 6.45) is 8.49. The van der Waals surface area contributed by atoms with Crippen molar-refractivity contribution < 1.29 is 0 Å². The number of likely N-dealkylation sites (N-methyl/N-ethyl adjacent to an activating group) is 1. The molecule has 1 saturated carbocycles. The van der Waals surface area contributed by atoms with Crippen molar-refractivity contribution in [3.05, 3.63) is 0 Å². The van der Waals surface area contributed by atoms with Gasteiger partial charge in [0.05, 0.1) is 0 Å². The van der Waals surface area contributed by atoms with Gasteiger partial charge in [0.2, 0.25) is 0 Å². The van der Waals surface area contributed by atoms with Gasteiger partial charge in [0.1, 0.15) is 0 Å². The van der Waals surface area contributed by atoms with Crippen molar-refractivity contribution in [1.82, 2.24) is 10.2 Å². The Morgan fingerprint density at radius 2 is 2.06 bits per heavy atom. The van der Waals surface area contributed by atoms with Crippen LogP contribution in [0.15, 0.2) is 0 Å². The largest absolute Gasteiger partial charge is 0.318 e. The second-order valence-electron chi connectivity index (χ2n) is 6.51. The summed E-state index contributed by atoms with van der Waals surface area (Å²) in [7, 11) is 2.09. The number of hydrogen-bond donors (Lipinski definition) is 1. The van der Waals surface area contributed by atoms with Crippen LogP contribution in [0.5, 0.6) is 0 Å².